The lowest BCUT2D eigenvalue weighted by Gasteiger charge is -2.11. The third kappa shape index (κ3) is 4.13. The minimum absolute atomic E-state index is 0.0569. The summed E-state index contributed by atoms with van der Waals surface area (Å²) in [6, 6.07) is 13.4. The van der Waals surface area contributed by atoms with Gasteiger partial charge in [-0.05, 0) is 55.3 Å². The van der Waals surface area contributed by atoms with Gasteiger partial charge < -0.3 is 19.8 Å². The summed E-state index contributed by atoms with van der Waals surface area (Å²) in [6.45, 7) is 0.208. The van der Waals surface area contributed by atoms with Gasteiger partial charge in [-0.1, -0.05) is 12.8 Å². The number of amides is 1. The third-order valence-corrected chi connectivity index (χ3v) is 7.71. The molecule has 8 rings (SSSR count). The van der Waals surface area contributed by atoms with E-state index < -0.39 is 0 Å². The number of hydrogen-bond donors (Lipinski definition) is 3. The summed E-state index contributed by atoms with van der Waals surface area (Å²) in [5.74, 6) is 2.10. The number of nitrogens with one attached hydrogen (secondary N) is 3. The van der Waals surface area contributed by atoms with E-state index in [0.29, 0.717) is 45.4 Å². The molecule has 11 heteroatoms. The highest BCUT2D eigenvalue weighted by Gasteiger charge is 2.23. The standard InChI is InChI=1S/C30H24N8O3/c39-30(16-3-1-2-4-16)33-19-11-18(13-31-14-19)20-6-7-22-27(34-20)28(38-37-22)29-35-21-9-10-32-25(26(21)36-29)17-5-8-23-24(12-17)41-15-40-23/h5-14,16H,1-4,15H2,(H,33,39)(H,35,36)(H,37,38). The van der Waals surface area contributed by atoms with Gasteiger partial charge in [0.1, 0.15) is 11.0 Å². The van der Waals surface area contributed by atoms with Crippen molar-refractivity contribution >= 4 is 33.7 Å². The summed E-state index contributed by atoms with van der Waals surface area (Å²) in [6.07, 6.45) is 9.24. The quantitative estimate of drug-likeness (QED) is 0.259. The Balaban J connectivity index is 1.15. The van der Waals surface area contributed by atoms with Crippen molar-refractivity contribution in [2.45, 2.75) is 25.7 Å². The van der Waals surface area contributed by atoms with E-state index >= 15 is 0 Å². The fourth-order valence-electron chi connectivity index (χ4n) is 5.61. The number of anilines is 1. The first-order valence-electron chi connectivity index (χ1n) is 13.6. The van der Waals surface area contributed by atoms with E-state index in [1.165, 1.54) is 0 Å². The molecule has 0 spiro atoms. The van der Waals surface area contributed by atoms with Crippen LogP contribution in [0.4, 0.5) is 5.69 Å². The molecule has 3 N–H and O–H groups in total. The second-order valence-corrected chi connectivity index (χ2v) is 10.3. The molecule has 1 aromatic carbocycles. The number of H-pyrrole nitrogens is 2. The zero-order valence-electron chi connectivity index (χ0n) is 21.8. The maximum atomic E-state index is 12.6. The van der Waals surface area contributed by atoms with Crippen LogP contribution in [-0.2, 0) is 4.79 Å². The molecule has 6 aromatic rings. The van der Waals surface area contributed by atoms with E-state index in [9.17, 15) is 4.79 Å². The number of hydrogen-bond acceptors (Lipinski definition) is 8. The molecule has 0 unspecified atom stereocenters. The molecule has 0 atom stereocenters. The number of carbonyl (C=O) groups is 1. The summed E-state index contributed by atoms with van der Waals surface area (Å²) < 4.78 is 11.0. The van der Waals surface area contributed by atoms with Crippen LogP contribution >= 0.6 is 0 Å². The number of aromatic amines is 2. The normalized spacial score (nSPS) is 14.7. The van der Waals surface area contributed by atoms with Crippen LogP contribution < -0.4 is 14.8 Å². The molecule has 1 fully saturated rings. The molecule has 1 saturated carbocycles. The second kappa shape index (κ2) is 9.40. The maximum absolute atomic E-state index is 12.6. The lowest BCUT2D eigenvalue weighted by molar-refractivity contribution is -0.119. The maximum Gasteiger partial charge on any atom is 0.231 e. The molecule has 1 aliphatic heterocycles. The molecular weight excluding hydrogens is 520 g/mol. The summed E-state index contributed by atoms with van der Waals surface area (Å²) in [7, 11) is 0. The third-order valence-electron chi connectivity index (χ3n) is 7.71. The van der Waals surface area contributed by atoms with Gasteiger partial charge >= 0.3 is 0 Å². The monoisotopic (exact) mass is 544 g/mol. The number of imidazole rings is 1. The first-order chi connectivity index (χ1) is 20.2. The molecule has 1 aliphatic carbocycles. The molecule has 6 heterocycles. The number of ether oxygens (including phenoxy) is 2. The van der Waals surface area contributed by atoms with E-state index in [4.69, 9.17) is 19.4 Å². The van der Waals surface area contributed by atoms with Gasteiger partial charge in [0.2, 0.25) is 12.7 Å². The highest BCUT2D eigenvalue weighted by Crippen LogP contribution is 2.37. The highest BCUT2D eigenvalue weighted by atomic mass is 16.7. The second-order valence-electron chi connectivity index (χ2n) is 10.3. The van der Waals surface area contributed by atoms with Crippen molar-refractivity contribution in [1.82, 2.24) is 35.1 Å². The van der Waals surface area contributed by atoms with Gasteiger partial charge in [-0.3, -0.25) is 19.9 Å². The van der Waals surface area contributed by atoms with E-state index in [0.717, 1.165) is 53.5 Å². The molecule has 2 aliphatic rings. The van der Waals surface area contributed by atoms with Gasteiger partial charge in [-0.2, -0.15) is 5.10 Å². The Morgan fingerprint density at radius 2 is 1.76 bits per heavy atom. The van der Waals surface area contributed by atoms with Crippen LogP contribution in [0.5, 0.6) is 11.5 Å². The van der Waals surface area contributed by atoms with Crippen LogP contribution in [0.15, 0.2) is 61.1 Å². The topological polar surface area (TPSA) is 144 Å². The molecule has 0 radical (unpaired) electrons. The van der Waals surface area contributed by atoms with Crippen molar-refractivity contribution in [3.63, 3.8) is 0 Å². The lowest BCUT2D eigenvalue weighted by atomic mass is 10.1. The largest absolute Gasteiger partial charge is 0.454 e. The number of carbonyl (C=O) groups excluding carboxylic acids is 1. The molecule has 1 amide bonds. The molecular formula is C30H24N8O3. The number of aromatic nitrogens is 7. The van der Waals surface area contributed by atoms with Gasteiger partial charge in [0.15, 0.2) is 23.0 Å². The van der Waals surface area contributed by atoms with E-state index in [2.05, 4.69) is 30.5 Å². The van der Waals surface area contributed by atoms with Crippen molar-refractivity contribution in [3.8, 4) is 45.5 Å². The number of benzene rings is 1. The van der Waals surface area contributed by atoms with E-state index in [-0.39, 0.29) is 18.6 Å². The average Bonchev–Trinajstić information content (AvgIpc) is 3.82. The average molecular weight is 545 g/mol. The Morgan fingerprint density at radius 3 is 2.68 bits per heavy atom. The summed E-state index contributed by atoms with van der Waals surface area (Å²) in [5.41, 5.74) is 7.33. The number of rotatable bonds is 5. The van der Waals surface area contributed by atoms with Gasteiger partial charge in [0, 0.05) is 29.4 Å². The van der Waals surface area contributed by atoms with Crippen molar-refractivity contribution < 1.29 is 14.3 Å². The molecule has 41 heavy (non-hydrogen) atoms. The number of nitrogens with zero attached hydrogens (tertiary/aromatic N) is 5. The summed E-state index contributed by atoms with van der Waals surface area (Å²) in [5, 5.41) is 10.6. The number of fused-ring (bicyclic) bond motifs is 3. The first kappa shape index (κ1) is 23.6. The van der Waals surface area contributed by atoms with Gasteiger partial charge in [-0.25, -0.2) is 9.97 Å². The zero-order chi connectivity index (χ0) is 27.3. The van der Waals surface area contributed by atoms with Gasteiger partial charge in [0.25, 0.3) is 0 Å². The van der Waals surface area contributed by atoms with Crippen LogP contribution in [0.3, 0.4) is 0 Å². The summed E-state index contributed by atoms with van der Waals surface area (Å²) in [4.78, 5) is 34.8. The van der Waals surface area contributed by atoms with Crippen LogP contribution in [0.2, 0.25) is 0 Å². The Morgan fingerprint density at radius 1 is 0.878 bits per heavy atom. The molecule has 11 nitrogen and oxygen atoms in total. The fourth-order valence-corrected chi connectivity index (χ4v) is 5.61. The first-order valence-corrected chi connectivity index (χ1v) is 13.6. The van der Waals surface area contributed by atoms with Crippen molar-refractivity contribution in [2.75, 3.05) is 12.1 Å². The van der Waals surface area contributed by atoms with Crippen LogP contribution in [0.25, 0.3) is 56.1 Å². The molecule has 0 saturated heterocycles. The van der Waals surface area contributed by atoms with E-state index in [1.54, 1.807) is 18.6 Å². The van der Waals surface area contributed by atoms with Crippen molar-refractivity contribution in [1.29, 1.82) is 0 Å². The van der Waals surface area contributed by atoms with Gasteiger partial charge in [-0.15, -0.1) is 0 Å². The Kier molecular flexibility index (Phi) is 5.40. The smallest absolute Gasteiger partial charge is 0.231 e. The predicted octanol–water partition coefficient (Wildman–Crippen LogP) is 5.48. The Labute approximate surface area is 233 Å². The molecule has 0 bridgehead atoms. The SMILES string of the molecule is O=C(Nc1cncc(-c2ccc3[nH]nc(-c4nc5c(-c6ccc7c(c6)OCO7)nccc5[nH]4)c3n2)c1)C1CCCC1. The predicted molar refractivity (Wildman–Crippen MR) is 152 cm³/mol. The van der Waals surface area contributed by atoms with Gasteiger partial charge in [0.05, 0.1) is 34.3 Å². The van der Waals surface area contributed by atoms with Crippen LogP contribution in [0, 0.1) is 5.92 Å². The minimum Gasteiger partial charge on any atom is -0.454 e. The lowest BCUT2D eigenvalue weighted by Crippen LogP contribution is -2.20. The fraction of sp³-hybridized carbons (Fsp3) is 0.200. The Hall–Kier alpha value is -5.32. The molecule has 202 valence electrons. The van der Waals surface area contributed by atoms with Crippen molar-refractivity contribution in [2.24, 2.45) is 5.92 Å². The number of pyridine rings is 3. The summed E-state index contributed by atoms with van der Waals surface area (Å²) >= 11 is 0. The van der Waals surface area contributed by atoms with Crippen LogP contribution in [-0.4, -0.2) is 47.8 Å². The highest BCUT2D eigenvalue weighted by molar-refractivity contribution is 5.96. The van der Waals surface area contributed by atoms with Crippen molar-refractivity contribution in [3.05, 3.63) is 61.1 Å². The minimum atomic E-state index is 0.0569. The zero-order valence-corrected chi connectivity index (χ0v) is 21.8. The van der Waals surface area contributed by atoms with E-state index in [1.807, 2.05) is 42.5 Å². The Bertz CT molecular complexity index is 1960. The molecule has 5 aromatic heterocycles. The van der Waals surface area contributed by atoms with Crippen LogP contribution in [0.1, 0.15) is 25.7 Å².